The molecule has 3 heteroatoms. The Morgan fingerprint density at radius 3 is 2.89 bits per heavy atom. The Hall–Kier alpha value is -0.930. The highest BCUT2D eigenvalue weighted by Crippen LogP contribution is 2.25. The van der Waals surface area contributed by atoms with Crippen molar-refractivity contribution in [3.63, 3.8) is 0 Å². The summed E-state index contributed by atoms with van der Waals surface area (Å²) in [4.78, 5) is 5.08. The number of halogens is 1. The zero-order valence-corrected chi connectivity index (χ0v) is 11.7. The third-order valence-corrected chi connectivity index (χ3v) is 4.65. The molecule has 3 rings (SSSR count). The standard InChI is InChI=1S/C16H23FN2/c1-13-10-18-9-5-4-7-15(18)12-19(13)11-14-6-2-3-8-16(14)17/h2-3,6,8,13,15H,4-5,7,9-12H2,1H3. The van der Waals surface area contributed by atoms with Crippen molar-refractivity contribution < 1.29 is 4.39 Å². The molecule has 0 spiro atoms. The Balaban J connectivity index is 1.69. The minimum Gasteiger partial charge on any atom is -0.298 e. The van der Waals surface area contributed by atoms with E-state index < -0.39 is 0 Å². The molecule has 0 aromatic heterocycles. The van der Waals surface area contributed by atoms with Crippen LogP contribution in [0.2, 0.25) is 0 Å². The van der Waals surface area contributed by atoms with Gasteiger partial charge in [-0.2, -0.15) is 0 Å². The Bertz CT molecular complexity index is 435. The van der Waals surface area contributed by atoms with E-state index in [1.165, 1.54) is 25.8 Å². The van der Waals surface area contributed by atoms with Crippen molar-refractivity contribution in [2.75, 3.05) is 19.6 Å². The van der Waals surface area contributed by atoms with E-state index >= 15 is 0 Å². The average Bonchev–Trinajstić information content (AvgIpc) is 2.42. The van der Waals surface area contributed by atoms with Gasteiger partial charge in [-0.3, -0.25) is 9.80 Å². The molecule has 2 saturated heterocycles. The van der Waals surface area contributed by atoms with Crippen LogP contribution >= 0.6 is 0 Å². The summed E-state index contributed by atoms with van der Waals surface area (Å²) in [6, 6.07) is 8.39. The first kappa shape index (κ1) is 13.1. The number of hydrogen-bond acceptors (Lipinski definition) is 2. The molecule has 0 bridgehead atoms. The fourth-order valence-electron chi connectivity index (χ4n) is 3.48. The number of hydrogen-bond donors (Lipinski definition) is 0. The highest BCUT2D eigenvalue weighted by molar-refractivity contribution is 5.17. The van der Waals surface area contributed by atoms with Gasteiger partial charge in [0.05, 0.1) is 0 Å². The van der Waals surface area contributed by atoms with Gasteiger partial charge >= 0.3 is 0 Å². The highest BCUT2D eigenvalue weighted by atomic mass is 19.1. The van der Waals surface area contributed by atoms with E-state index in [1.54, 1.807) is 12.1 Å². The summed E-state index contributed by atoms with van der Waals surface area (Å²) in [6.07, 6.45) is 4.00. The van der Waals surface area contributed by atoms with Crippen molar-refractivity contribution in [2.45, 2.75) is 44.8 Å². The molecule has 2 fully saturated rings. The normalized spacial score (nSPS) is 29.2. The third kappa shape index (κ3) is 2.82. The van der Waals surface area contributed by atoms with Gasteiger partial charge in [-0.1, -0.05) is 24.6 Å². The predicted molar refractivity (Wildman–Crippen MR) is 75.5 cm³/mol. The van der Waals surface area contributed by atoms with Crippen LogP contribution in [0.15, 0.2) is 24.3 Å². The van der Waals surface area contributed by atoms with Crippen molar-refractivity contribution in [3.05, 3.63) is 35.6 Å². The van der Waals surface area contributed by atoms with E-state index in [0.717, 1.165) is 25.2 Å². The molecule has 0 aliphatic carbocycles. The van der Waals surface area contributed by atoms with Crippen LogP contribution in [0.5, 0.6) is 0 Å². The second-order valence-electron chi connectivity index (χ2n) is 6.01. The predicted octanol–water partition coefficient (Wildman–Crippen LogP) is 2.88. The Morgan fingerprint density at radius 1 is 1.21 bits per heavy atom. The van der Waals surface area contributed by atoms with Gasteiger partial charge in [0.2, 0.25) is 0 Å². The van der Waals surface area contributed by atoms with Gasteiger partial charge < -0.3 is 0 Å². The second-order valence-corrected chi connectivity index (χ2v) is 6.01. The maximum Gasteiger partial charge on any atom is 0.127 e. The van der Waals surface area contributed by atoms with E-state index in [1.807, 2.05) is 12.1 Å². The fourth-order valence-corrected chi connectivity index (χ4v) is 3.48. The molecule has 2 aliphatic heterocycles. The lowest BCUT2D eigenvalue weighted by atomic mass is 9.96. The topological polar surface area (TPSA) is 6.48 Å². The molecule has 0 N–H and O–H groups in total. The second kappa shape index (κ2) is 5.59. The zero-order valence-electron chi connectivity index (χ0n) is 11.7. The first-order valence-electron chi connectivity index (χ1n) is 7.45. The highest BCUT2D eigenvalue weighted by Gasteiger charge is 2.32. The van der Waals surface area contributed by atoms with Gasteiger partial charge in [-0.15, -0.1) is 0 Å². The first-order valence-corrected chi connectivity index (χ1v) is 7.45. The number of rotatable bonds is 2. The van der Waals surface area contributed by atoms with E-state index in [9.17, 15) is 4.39 Å². The Kier molecular flexibility index (Phi) is 3.85. The summed E-state index contributed by atoms with van der Waals surface area (Å²) < 4.78 is 13.8. The van der Waals surface area contributed by atoms with Crippen LogP contribution in [-0.2, 0) is 6.54 Å². The molecule has 0 amide bonds. The smallest absolute Gasteiger partial charge is 0.127 e. The van der Waals surface area contributed by atoms with Gasteiger partial charge in [-0.05, 0) is 32.4 Å². The van der Waals surface area contributed by atoms with Crippen LogP contribution in [0.4, 0.5) is 4.39 Å². The molecule has 1 aromatic rings. The van der Waals surface area contributed by atoms with Crippen molar-refractivity contribution >= 4 is 0 Å². The van der Waals surface area contributed by atoms with Crippen molar-refractivity contribution in [1.82, 2.24) is 9.80 Å². The van der Waals surface area contributed by atoms with E-state index in [0.29, 0.717) is 12.1 Å². The van der Waals surface area contributed by atoms with Crippen molar-refractivity contribution in [3.8, 4) is 0 Å². The third-order valence-electron chi connectivity index (χ3n) is 4.65. The van der Waals surface area contributed by atoms with E-state index in [-0.39, 0.29) is 5.82 Å². The van der Waals surface area contributed by atoms with Crippen molar-refractivity contribution in [1.29, 1.82) is 0 Å². The van der Waals surface area contributed by atoms with Crippen LogP contribution in [0, 0.1) is 5.82 Å². The van der Waals surface area contributed by atoms with Crippen LogP contribution < -0.4 is 0 Å². The summed E-state index contributed by atoms with van der Waals surface area (Å²) in [5, 5.41) is 0. The largest absolute Gasteiger partial charge is 0.298 e. The molecule has 2 nitrogen and oxygen atoms in total. The van der Waals surface area contributed by atoms with Crippen LogP contribution in [-0.4, -0.2) is 41.5 Å². The number of piperazine rings is 1. The van der Waals surface area contributed by atoms with Gasteiger partial charge in [0.15, 0.2) is 0 Å². The lowest BCUT2D eigenvalue weighted by Crippen LogP contribution is -2.58. The molecule has 2 heterocycles. The number of nitrogens with zero attached hydrogens (tertiary/aromatic N) is 2. The van der Waals surface area contributed by atoms with Crippen LogP contribution in [0.25, 0.3) is 0 Å². The van der Waals surface area contributed by atoms with Gasteiger partial charge in [0.25, 0.3) is 0 Å². The van der Waals surface area contributed by atoms with Crippen molar-refractivity contribution in [2.24, 2.45) is 0 Å². The summed E-state index contributed by atoms with van der Waals surface area (Å²) >= 11 is 0. The van der Waals surface area contributed by atoms with Gasteiger partial charge in [0, 0.05) is 37.3 Å². The zero-order chi connectivity index (χ0) is 13.2. The number of fused-ring (bicyclic) bond motifs is 1. The quantitative estimate of drug-likeness (QED) is 0.808. The summed E-state index contributed by atoms with van der Waals surface area (Å²) in [7, 11) is 0. The maximum atomic E-state index is 13.8. The van der Waals surface area contributed by atoms with Gasteiger partial charge in [-0.25, -0.2) is 4.39 Å². The first-order chi connectivity index (χ1) is 9.24. The molecule has 1 aromatic carbocycles. The lowest BCUT2D eigenvalue weighted by molar-refractivity contribution is 0.0106. The van der Waals surface area contributed by atoms with Crippen LogP contribution in [0.3, 0.4) is 0 Å². The number of piperidine rings is 1. The molecule has 2 atom stereocenters. The van der Waals surface area contributed by atoms with Crippen LogP contribution in [0.1, 0.15) is 31.7 Å². The molecule has 19 heavy (non-hydrogen) atoms. The maximum absolute atomic E-state index is 13.8. The fraction of sp³-hybridized carbons (Fsp3) is 0.625. The van der Waals surface area contributed by atoms with E-state index in [2.05, 4.69) is 16.7 Å². The molecule has 0 radical (unpaired) electrons. The molecular weight excluding hydrogens is 239 g/mol. The van der Waals surface area contributed by atoms with E-state index in [4.69, 9.17) is 0 Å². The summed E-state index contributed by atoms with van der Waals surface area (Å²) in [6.45, 7) is 6.50. The minimum atomic E-state index is -0.0687. The SMILES string of the molecule is CC1CN2CCCCC2CN1Cc1ccccc1F. The molecule has 104 valence electrons. The average molecular weight is 262 g/mol. The van der Waals surface area contributed by atoms with Gasteiger partial charge in [0.1, 0.15) is 5.82 Å². The monoisotopic (exact) mass is 262 g/mol. The molecular formula is C16H23FN2. The number of benzene rings is 1. The molecule has 0 saturated carbocycles. The Morgan fingerprint density at radius 2 is 2.05 bits per heavy atom. The Labute approximate surface area is 115 Å². The molecule has 2 aliphatic rings. The summed E-state index contributed by atoms with van der Waals surface area (Å²) in [5.41, 5.74) is 0.832. The lowest BCUT2D eigenvalue weighted by Gasteiger charge is -2.47. The minimum absolute atomic E-state index is 0.0687. The molecule has 2 unspecified atom stereocenters. The summed E-state index contributed by atoms with van der Waals surface area (Å²) in [5.74, 6) is -0.0687.